The predicted molar refractivity (Wildman–Crippen MR) is 157 cm³/mol. The average molecular weight is 528 g/mol. The van der Waals surface area contributed by atoms with Gasteiger partial charge in [-0.2, -0.15) is 0 Å². The van der Waals surface area contributed by atoms with Gasteiger partial charge in [0.25, 0.3) is 0 Å². The number of benzene rings is 1. The van der Waals surface area contributed by atoms with Gasteiger partial charge >= 0.3 is 0 Å². The summed E-state index contributed by atoms with van der Waals surface area (Å²) >= 11 is 0. The van der Waals surface area contributed by atoms with Crippen LogP contribution in [-0.4, -0.2) is 42.0 Å². The molecular formula is C30H37N7O2. The van der Waals surface area contributed by atoms with Crippen molar-refractivity contribution in [3.8, 4) is 5.75 Å². The lowest BCUT2D eigenvalue weighted by molar-refractivity contribution is -0.109. The number of carbonyl (C=O) groups excluding carboxylic acids is 1. The summed E-state index contributed by atoms with van der Waals surface area (Å²) in [7, 11) is 0. The van der Waals surface area contributed by atoms with Crippen LogP contribution in [0.25, 0.3) is 6.08 Å². The van der Waals surface area contributed by atoms with Crippen LogP contribution in [0.2, 0.25) is 0 Å². The fourth-order valence-corrected chi connectivity index (χ4v) is 4.90. The number of nitrogens with one attached hydrogen (secondary N) is 3. The number of piperidine rings is 1. The van der Waals surface area contributed by atoms with E-state index in [1.807, 2.05) is 54.9 Å². The zero-order valence-corrected chi connectivity index (χ0v) is 22.6. The molecule has 5 rings (SSSR count). The summed E-state index contributed by atoms with van der Waals surface area (Å²) in [5, 5.41) is 10.1. The van der Waals surface area contributed by atoms with Crippen molar-refractivity contribution in [3.63, 3.8) is 0 Å². The van der Waals surface area contributed by atoms with Gasteiger partial charge in [0.2, 0.25) is 0 Å². The highest BCUT2D eigenvalue weighted by atomic mass is 16.5. The van der Waals surface area contributed by atoms with E-state index >= 15 is 0 Å². The molecule has 3 aromatic rings. The predicted octanol–water partition coefficient (Wildman–Crippen LogP) is 5.13. The Balaban J connectivity index is 1.48. The highest BCUT2D eigenvalue weighted by molar-refractivity contribution is 5.81. The Morgan fingerprint density at radius 3 is 2.79 bits per heavy atom. The summed E-state index contributed by atoms with van der Waals surface area (Å²) in [5.41, 5.74) is 10.6. The van der Waals surface area contributed by atoms with Crippen molar-refractivity contribution in [3.05, 3.63) is 66.1 Å². The smallest absolute Gasteiger partial charge is 0.146 e. The normalized spacial score (nSPS) is 16.9. The minimum atomic E-state index is -0.519. The second-order valence-corrected chi connectivity index (χ2v) is 10.5. The van der Waals surface area contributed by atoms with Gasteiger partial charge in [0.1, 0.15) is 29.7 Å². The van der Waals surface area contributed by atoms with Crippen LogP contribution in [0.5, 0.6) is 5.75 Å². The van der Waals surface area contributed by atoms with Crippen molar-refractivity contribution < 1.29 is 9.53 Å². The van der Waals surface area contributed by atoms with Crippen LogP contribution in [0.15, 0.2) is 55.0 Å². The molecule has 1 saturated heterocycles. The maximum absolute atomic E-state index is 12.0. The summed E-state index contributed by atoms with van der Waals surface area (Å²) in [6, 6.07) is 11.5. The Morgan fingerprint density at radius 1 is 1.18 bits per heavy atom. The molecule has 0 bridgehead atoms. The number of nitrogens with two attached hydrogens (primary N) is 1. The highest BCUT2D eigenvalue weighted by Gasteiger charge is 2.24. The molecule has 0 radical (unpaired) electrons. The summed E-state index contributed by atoms with van der Waals surface area (Å²) in [5.74, 6) is 2.52. The number of fused-ring (bicyclic) bond motifs is 1. The number of ether oxygens (including phenoxy) is 1. The lowest BCUT2D eigenvalue weighted by atomic mass is 9.99. The SMILES string of the molecule is CC(C)CCOc1ccccc1Nc1nc(Nc2cnccc2N2CCC(N)CC2)cc2c1C(C=O)NC=C2. The van der Waals surface area contributed by atoms with Crippen molar-refractivity contribution in [1.82, 2.24) is 15.3 Å². The molecule has 0 aliphatic carbocycles. The van der Waals surface area contributed by atoms with E-state index in [0.29, 0.717) is 24.2 Å². The van der Waals surface area contributed by atoms with Gasteiger partial charge in [-0.15, -0.1) is 0 Å². The number of para-hydroxylation sites is 2. The Bertz CT molecular complexity index is 1320. The van der Waals surface area contributed by atoms with Gasteiger partial charge in [-0.25, -0.2) is 4.98 Å². The molecule has 204 valence electrons. The molecule has 9 heteroatoms. The van der Waals surface area contributed by atoms with Crippen molar-refractivity contribution in [2.24, 2.45) is 11.7 Å². The summed E-state index contributed by atoms with van der Waals surface area (Å²) in [6.45, 7) is 6.77. The zero-order chi connectivity index (χ0) is 27.2. The first kappa shape index (κ1) is 26.5. The number of hydrogen-bond acceptors (Lipinski definition) is 9. The Hall–Kier alpha value is -4.11. The first-order chi connectivity index (χ1) is 19.0. The van der Waals surface area contributed by atoms with Gasteiger partial charge in [0.05, 0.1) is 29.9 Å². The van der Waals surface area contributed by atoms with Crippen LogP contribution in [0, 0.1) is 5.92 Å². The largest absolute Gasteiger partial charge is 0.491 e. The molecule has 1 aromatic carbocycles. The third-order valence-corrected chi connectivity index (χ3v) is 7.11. The van der Waals surface area contributed by atoms with Crippen molar-refractivity contribution >= 4 is 41.1 Å². The third-order valence-electron chi connectivity index (χ3n) is 7.11. The second-order valence-electron chi connectivity index (χ2n) is 10.5. The Labute approximate surface area is 229 Å². The van der Waals surface area contributed by atoms with Crippen molar-refractivity contribution in [2.45, 2.75) is 45.2 Å². The average Bonchev–Trinajstić information content (AvgIpc) is 2.94. The molecule has 2 aliphatic rings. The van der Waals surface area contributed by atoms with E-state index in [9.17, 15) is 4.79 Å². The molecule has 0 saturated carbocycles. The van der Waals surface area contributed by atoms with Gasteiger partial charge in [-0.05, 0) is 67.3 Å². The Morgan fingerprint density at radius 2 is 2.00 bits per heavy atom. The highest BCUT2D eigenvalue weighted by Crippen LogP contribution is 2.37. The van der Waals surface area contributed by atoms with Gasteiger partial charge in [0.15, 0.2) is 0 Å². The van der Waals surface area contributed by atoms with Crippen molar-refractivity contribution in [2.75, 3.05) is 35.2 Å². The Kier molecular flexibility index (Phi) is 8.27. The van der Waals surface area contributed by atoms with Crippen LogP contribution < -0.4 is 31.3 Å². The molecular weight excluding hydrogens is 490 g/mol. The first-order valence-electron chi connectivity index (χ1n) is 13.6. The van der Waals surface area contributed by atoms with E-state index in [-0.39, 0.29) is 6.04 Å². The van der Waals surface area contributed by atoms with E-state index in [1.165, 1.54) is 0 Å². The zero-order valence-electron chi connectivity index (χ0n) is 22.6. The van der Waals surface area contributed by atoms with Crippen LogP contribution in [0.1, 0.15) is 50.3 Å². The van der Waals surface area contributed by atoms with Gasteiger partial charge in [-0.3, -0.25) is 4.98 Å². The molecule has 39 heavy (non-hydrogen) atoms. The molecule has 9 nitrogen and oxygen atoms in total. The minimum Gasteiger partial charge on any atom is -0.491 e. The molecule has 0 amide bonds. The second kappa shape index (κ2) is 12.2. The summed E-state index contributed by atoms with van der Waals surface area (Å²) in [6.07, 6.45) is 11.1. The molecule has 1 unspecified atom stereocenters. The van der Waals surface area contributed by atoms with Crippen LogP contribution in [-0.2, 0) is 4.79 Å². The number of nitrogens with zero attached hydrogens (tertiary/aromatic N) is 3. The van der Waals surface area contributed by atoms with Crippen LogP contribution >= 0.6 is 0 Å². The molecule has 1 atom stereocenters. The molecule has 4 heterocycles. The minimum absolute atomic E-state index is 0.249. The topological polar surface area (TPSA) is 117 Å². The van der Waals surface area contributed by atoms with E-state index in [4.69, 9.17) is 15.5 Å². The summed E-state index contributed by atoms with van der Waals surface area (Å²) in [4.78, 5) is 23.6. The van der Waals surface area contributed by atoms with Gasteiger partial charge in [-0.1, -0.05) is 26.0 Å². The molecule has 5 N–H and O–H groups in total. The lowest BCUT2D eigenvalue weighted by Crippen LogP contribution is -2.39. The number of anilines is 5. The third kappa shape index (κ3) is 6.31. The van der Waals surface area contributed by atoms with Gasteiger partial charge < -0.3 is 36.1 Å². The fourth-order valence-electron chi connectivity index (χ4n) is 4.90. The van der Waals surface area contributed by atoms with Crippen LogP contribution in [0.4, 0.5) is 28.7 Å². The van der Waals surface area contributed by atoms with Crippen LogP contribution in [0.3, 0.4) is 0 Å². The quantitative estimate of drug-likeness (QED) is 0.266. The number of aldehydes is 1. The van der Waals surface area contributed by atoms with E-state index in [0.717, 1.165) is 72.6 Å². The maximum Gasteiger partial charge on any atom is 0.146 e. The molecule has 2 aromatic heterocycles. The number of carbonyl (C=O) groups is 1. The van der Waals surface area contributed by atoms with E-state index in [2.05, 4.69) is 39.7 Å². The van der Waals surface area contributed by atoms with Crippen molar-refractivity contribution in [1.29, 1.82) is 0 Å². The molecule has 0 spiro atoms. The lowest BCUT2D eigenvalue weighted by Gasteiger charge is -2.33. The molecule has 1 fully saturated rings. The molecule has 2 aliphatic heterocycles. The first-order valence-corrected chi connectivity index (χ1v) is 13.6. The van der Waals surface area contributed by atoms with E-state index < -0.39 is 6.04 Å². The van der Waals surface area contributed by atoms with E-state index in [1.54, 1.807) is 6.20 Å². The van der Waals surface area contributed by atoms with Gasteiger partial charge in [0, 0.05) is 30.9 Å². The number of pyridine rings is 2. The summed E-state index contributed by atoms with van der Waals surface area (Å²) < 4.78 is 6.11. The number of rotatable bonds is 10. The monoisotopic (exact) mass is 527 g/mol. The number of aromatic nitrogens is 2. The standard InChI is InChI=1S/C30H37N7O2/c1-20(2)11-16-39-27-6-4-3-5-23(27)35-30-29-21(7-13-33-25(29)19-38)17-28(36-30)34-24-18-32-12-8-26(24)37-14-9-22(31)10-15-37/h3-8,12-13,17-20,22,25,33H,9-11,14-16,31H2,1-2H3,(H2,34,35,36). The fraction of sp³-hybridized carbons (Fsp3) is 0.367. The number of hydrogen-bond donors (Lipinski definition) is 4. The maximum atomic E-state index is 12.0.